The van der Waals surface area contributed by atoms with Gasteiger partial charge in [-0.25, -0.2) is 0 Å². The molecule has 0 spiro atoms. The molecule has 0 radical (unpaired) electrons. The van der Waals surface area contributed by atoms with Crippen LogP contribution in [0.2, 0.25) is 0 Å². The third-order valence-electron chi connectivity index (χ3n) is 1.81. The summed E-state index contributed by atoms with van der Waals surface area (Å²) in [5.74, 6) is -0.589. The number of benzene rings is 1. The molecule has 0 aliphatic rings. The molecule has 8 heteroatoms. The molecule has 0 fully saturated rings. The molecule has 8 nitrogen and oxygen atoms in total. The number of nitrogens with one attached hydrogen (secondary N) is 2. The lowest BCUT2D eigenvalue weighted by Crippen LogP contribution is -2.19. The zero-order valence-electron chi connectivity index (χ0n) is 8.30. The lowest BCUT2D eigenvalue weighted by Gasteiger charge is -2.00. The van der Waals surface area contributed by atoms with Crippen molar-refractivity contribution in [2.75, 3.05) is 7.05 Å². The summed E-state index contributed by atoms with van der Waals surface area (Å²) in [5.41, 5.74) is 6.30. The molecule has 1 rings (SSSR count). The summed E-state index contributed by atoms with van der Waals surface area (Å²) in [5, 5.41) is 16.3. The van der Waals surface area contributed by atoms with Crippen molar-refractivity contribution in [3.63, 3.8) is 0 Å². The highest BCUT2D eigenvalue weighted by atomic mass is 16.6. The van der Waals surface area contributed by atoms with Gasteiger partial charge in [-0.2, -0.15) is 0 Å². The molecule has 1 amide bonds. The van der Waals surface area contributed by atoms with Gasteiger partial charge in [0.25, 0.3) is 11.6 Å². The number of nitro groups is 1. The molecule has 0 aromatic heterocycles. The van der Waals surface area contributed by atoms with Crippen LogP contribution in [0.1, 0.15) is 10.4 Å². The maximum Gasteiger partial charge on any atom is 0.282 e. The average molecular weight is 222 g/mol. The summed E-state index contributed by atoms with van der Waals surface area (Å²) < 4.78 is 0. The van der Waals surface area contributed by atoms with E-state index >= 15 is 0 Å². The van der Waals surface area contributed by atoms with Crippen LogP contribution < -0.4 is 10.2 Å². The SMILES string of the molecule is CNC(=O)c1cc(N=[N+]=N)ccc1[N+](=O)[O-]. The number of amides is 1. The fourth-order valence-electron chi connectivity index (χ4n) is 1.12. The van der Waals surface area contributed by atoms with Crippen molar-refractivity contribution in [3.05, 3.63) is 33.9 Å². The maximum absolute atomic E-state index is 11.4. The Balaban J connectivity index is 3.37. The highest BCUT2D eigenvalue weighted by Crippen LogP contribution is 2.23. The summed E-state index contributed by atoms with van der Waals surface area (Å²) in [7, 11) is 1.37. The van der Waals surface area contributed by atoms with E-state index in [2.05, 4.69) is 15.3 Å². The van der Waals surface area contributed by atoms with Gasteiger partial charge in [-0.3, -0.25) is 14.9 Å². The van der Waals surface area contributed by atoms with Crippen LogP contribution in [-0.2, 0) is 0 Å². The van der Waals surface area contributed by atoms with Gasteiger partial charge in [-0.15, -0.1) is 0 Å². The normalized spacial score (nSPS) is 9.06. The van der Waals surface area contributed by atoms with Crippen LogP contribution in [0.5, 0.6) is 0 Å². The molecule has 16 heavy (non-hydrogen) atoms. The lowest BCUT2D eigenvalue weighted by molar-refractivity contribution is -0.385. The summed E-state index contributed by atoms with van der Waals surface area (Å²) in [4.78, 5) is 24.1. The standard InChI is InChI=1S/C8H7N5O3/c1-10-8(14)6-4-5(11-12-9)2-3-7(6)13(15)16/h2-4,9H,1H3/p+1. The minimum absolute atomic E-state index is 0.114. The highest BCUT2D eigenvalue weighted by molar-refractivity contribution is 5.98. The first kappa shape index (κ1) is 11.5. The molecule has 0 atom stereocenters. The second-order valence-electron chi connectivity index (χ2n) is 2.74. The first-order chi connectivity index (χ1) is 7.60. The Kier molecular flexibility index (Phi) is 3.41. The second kappa shape index (κ2) is 4.76. The van der Waals surface area contributed by atoms with Gasteiger partial charge in [0, 0.05) is 13.1 Å². The van der Waals surface area contributed by atoms with Crippen LogP contribution in [0, 0.1) is 15.6 Å². The number of hydrogen-bond acceptors (Lipinski definition) is 5. The summed E-state index contributed by atoms with van der Waals surface area (Å²) in [6, 6.07) is 3.66. The molecular weight excluding hydrogens is 214 g/mol. The fraction of sp³-hybridized carbons (Fsp3) is 0.125. The van der Waals surface area contributed by atoms with Crippen molar-refractivity contribution in [2.24, 2.45) is 5.11 Å². The molecule has 1 aromatic carbocycles. The average Bonchev–Trinajstić information content (AvgIpc) is 2.28. The predicted molar refractivity (Wildman–Crippen MR) is 53.4 cm³/mol. The molecule has 1 aromatic rings. The Morgan fingerprint density at radius 1 is 1.62 bits per heavy atom. The van der Waals surface area contributed by atoms with Crippen molar-refractivity contribution in [3.8, 4) is 0 Å². The van der Waals surface area contributed by atoms with E-state index in [0.29, 0.717) is 0 Å². The second-order valence-corrected chi connectivity index (χ2v) is 2.74. The van der Waals surface area contributed by atoms with Gasteiger partial charge in [0.1, 0.15) is 11.1 Å². The number of rotatable bonds is 3. The number of nitrogens with zero attached hydrogens (tertiary/aromatic N) is 3. The first-order valence-electron chi connectivity index (χ1n) is 4.18. The molecule has 0 aliphatic carbocycles. The first-order valence-corrected chi connectivity index (χ1v) is 4.18. The molecule has 0 aliphatic heterocycles. The third-order valence-corrected chi connectivity index (χ3v) is 1.81. The molecule has 0 saturated heterocycles. The molecule has 2 N–H and O–H groups in total. The topological polar surface area (TPSA) is 123 Å². The van der Waals surface area contributed by atoms with Gasteiger partial charge in [-0.05, 0) is 12.1 Å². The Labute approximate surface area is 89.7 Å². The van der Waals surface area contributed by atoms with Crippen LogP contribution in [0.3, 0.4) is 0 Å². The zero-order chi connectivity index (χ0) is 12.1. The van der Waals surface area contributed by atoms with Crippen LogP contribution in [0.15, 0.2) is 23.3 Å². The van der Waals surface area contributed by atoms with Crippen LogP contribution in [0.4, 0.5) is 11.4 Å². The van der Waals surface area contributed by atoms with Crippen LogP contribution in [0.25, 0.3) is 0 Å². The Morgan fingerprint density at radius 2 is 2.31 bits per heavy atom. The van der Waals surface area contributed by atoms with E-state index in [1.54, 1.807) is 0 Å². The largest absolute Gasteiger partial charge is 0.355 e. The van der Waals surface area contributed by atoms with E-state index in [1.807, 2.05) is 0 Å². The molecular formula is C8H8N5O3+. The Morgan fingerprint density at radius 3 is 2.81 bits per heavy atom. The van der Waals surface area contributed by atoms with Gasteiger partial charge in [0.05, 0.1) is 4.92 Å². The molecule has 82 valence electrons. The zero-order valence-corrected chi connectivity index (χ0v) is 8.30. The summed E-state index contributed by atoms with van der Waals surface area (Å²) in [6.45, 7) is 0. The summed E-state index contributed by atoms with van der Waals surface area (Å²) in [6.07, 6.45) is 0. The molecule has 0 heterocycles. The number of hydrogen-bond donors (Lipinski definition) is 2. The molecule has 0 saturated carbocycles. The smallest absolute Gasteiger partial charge is 0.282 e. The van der Waals surface area contributed by atoms with Gasteiger partial charge < -0.3 is 5.32 Å². The van der Waals surface area contributed by atoms with Crippen molar-refractivity contribution in [2.45, 2.75) is 0 Å². The fourth-order valence-corrected chi connectivity index (χ4v) is 1.12. The van der Waals surface area contributed by atoms with Crippen LogP contribution in [-0.4, -0.2) is 17.9 Å². The van der Waals surface area contributed by atoms with Gasteiger partial charge >= 0.3 is 0 Å². The van der Waals surface area contributed by atoms with E-state index in [4.69, 9.17) is 5.53 Å². The van der Waals surface area contributed by atoms with Gasteiger partial charge in [0.15, 0.2) is 10.8 Å². The summed E-state index contributed by atoms with van der Waals surface area (Å²) >= 11 is 0. The lowest BCUT2D eigenvalue weighted by atomic mass is 10.1. The Hall–Kier alpha value is -2.60. The number of nitro benzene ring substituents is 1. The molecule has 0 bridgehead atoms. The minimum atomic E-state index is -0.661. The Bertz CT molecular complexity index is 492. The van der Waals surface area contributed by atoms with Crippen molar-refractivity contribution >= 4 is 17.3 Å². The maximum atomic E-state index is 11.4. The van der Waals surface area contributed by atoms with Crippen molar-refractivity contribution < 1.29 is 9.72 Å². The number of carbonyl (C=O) groups is 1. The van der Waals surface area contributed by atoms with E-state index in [0.717, 1.165) is 6.07 Å². The monoisotopic (exact) mass is 222 g/mol. The van der Waals surface area contributed by atoms with E-state index < -0.39 is 10.8 Å². The van der Waals surface area contributed by atoms with Crippen molar-refractivity contribution in [1.29, 1.82) is 5.53 Å². The third kappa shape index (κ3) is 2.25. The van der Waals surface area contributed by atoms with Gasteiger partial charge in [-0.1, -0.05) is 0 Å². The molecule has 0 unspecified atom stereocenters. The number of carbonyl (C=O) groups excluding carboxylic acids is 1. The van der Waals surface area contributed by atoms with E-state index in [1.165, 1.54) is 19.2 Å². The predicted octanol–water partition coefficient (Wildman–Crippen LogP) is 1.14. The minimum Gasteiger partial charge on any atom is -0.355 e. The van der Waals surface area contributed by atoms with Crippen LogP contribution >= 0.6 is 0 Å². The quantitative estimate of drug-likeness (QED) is 0.345. The van der Waals surface area contributed by atoms with E-state index in [9.17, 15) is 14.9 Å². The van der Waals surface area contributed by atoms with Crippen molar-refractivity contribution in [1.82, 2.24) is 10.2 Å². The van der Waals surface area contributed by atoms with E-state index in [-0.39, 0.29) is 16.9 Å². The van der Waals surface area contributed by atoms with Gasteiger partial charge in [0.2, 0.25) is 4.91 Å². The highest BCUT2D eigenvalue weighted by Gasteiger charge is 2.20.